The van der Waals surface area contributed by atoms with Crippen LogP contribution in [0.3, 0.4) is 0 Å². The molecule has 1 rings (SSSR count). The molecular formula is C15H24FNO. The zero-order chi connectivity index (χ0) is 13.4. The number of rotatable bonds is 8. The van der Waals surface area contributed by atoms with E-state index >= 15 is 0 Å². The Morgan fingerprint density at radius 1 is 1.06 bits per heavy atom. The average Bonchev–Trinajstić information content (AvgIpc) is 2.37. The van der Waals surface area contributed by atoms with Gasteiger partial charge < -0.3 is 10.0 Å². The lowest BCUT2D eigenvalue weighted by molar-refractivity contribution is 0.141. The molecule has 1 aromatic rings. The van der Waals surface area contributed by atoms with E-state index in [1.807, 2.05) is 0 Å². The van der Waals surface area contributed by atoms with Gasteiger partial charge in [0.2, 0.25) is 0 Å². The van der Waals surface area contributed by atoms with Gasteiger partial charge in [-0.05, 0) is 50.0 Å². The Bertz CT molecular complexity index is 320. The number of aliphatic hydroxyl groups is 1. The highest BCUT2D eigenvalue weighted by Gasteiger charge is 2.10. The van der Waals surface area contributed by atoms with Gasteiger partial charge >= 0.3 is 0 Å². The Balaban J connectivity index is 2.43. The fraction of sp³-hybridized carbons (Fsp3) is 0.600. The van der Waals surface area contributed by atoms with Crippen LogP contribution in [0, 0.1) is 5.82 Å². The van der Waals surface area contributed by atoms with Crippen molar-refractivity contribution >= 4 is 0 Å². The van der Waals surface area contributed by atoms with Crippen LogP contribution in [0.5, 0.6) is 0 Å². The molecule has 0 aliphatic carbocycles. The van der Waals surface area contributed by atoms with Gasteiger partial charge in [0, 0.05) is 6.54 Å². The summed E-state index contributed by atoms with van der Waals surface area (Å²) < 4.78 is 12.8. The molecule has 18 heavy (non-hydrogen) atoms. The lowest BCUT2D eigenvalue weighted by atomic mass is 10.1. The summed E-state index contributed by atoms with van der Waals surface area (Å²) in [6.45, 7) is 7.37. The third-order valence-corrected chi connectivity index (χ3v) is 3.05. The average molecular weight is 253 g/mol. The van der Waals surface area contributed by atoms with Gasteiger partial charge in [0.05, 0.1) is 6.10 Å². The van der Waals surface area contributed by atoms with Crippen molar-refractivity contribution in [3.8, 4) is 0 Å². The second kappa shape index (κ2) is 8.22. The van der Waals surface area contributed by atoms with Crippen molar-refractivity contribution in [2.45, 2.75) is 39.2 Å². The Kier molecular flexibility index (Phi) is 6.91. The molecular weight excluding hydrogens is 229 g/mol. The summed E-state index contributed by atoms with van der Waals surface area (Å²) in [5.74, 6) is -0.260. The molecule has 0 heterocycles. The van der Waals surface area contributed by atoms with Gasteiger partial charge in [0.25, 0.3) is 0 Å². The molecule has 1 N–H and O–H groups in total. The van der Waals surface area contributed by atoms with Gasteiger partial charge in [-0.2, -0.15) is 0 Å². The van der Waals surface area contributed by atoms with E-state index in [0.29, 0.717) is 6.42 Å². The maximum absolute atomic E-state index is 12.8. The van der Waals surface area contributed by atoms with Crippen LogP contribution in [-0.4, -0.2) is 29.6 Å². The smallest absolute Gasteiger partial charge is 0.123 e. The van der Waals surface area contributed by atoms with Gasteiger partial charge in [-0.15, -0.1) is 0 Å². The van der Waals surface area contributed by atoms with Crippen molar-refractivity contribution in [2.75, 3.05) is 19.6 Å². The molecule has 1 unspecified atom stereocenters. The molecule has 0 radical (unpaired) electrons. The zero-order valence-electron chi connectivity index (χ0n) is 11.4. The van der Waals surface area contributed by atoms with Gasteiger partial charge in [-0.3, -0.25) is 0 Å². The van der Waals surface area contributed by atoms with Crippen molar-refractivity contribution in [3.05, 3.63) is 35.6 Å². The quantitative estimate of drug-likeness (QED) is 0.768. The lowest BCUT2D eigenvalue weighted by Crippen LogP contribution is -2.27. The minimum atomic E-state index is -0.498. The van der Waals surface area contributed by atoms with Crippen LogP contribution in [-0.2, 0) is 0 Å². The molecule has 1 atom stereocenters. The molecule has 1 aromatic carbocycles. The first-order valence-corrected chi connectivity index (χ1v) is 6.83. The maximum atomic E-state index is 12.8. The predicted octanol–water partition coefficient (Wildman–Crippen LogP) is 3.37. The molecule has 0 spiro atoms. The summed E-state index contributed by atoms with van der Waals surface area (Å²) in [5.41, 5.74) is 0.796. The molecule has 0 fully saturated rings. The third kappa shape index (κ3) is 5.15. The third-order valence-electron chi connectivity index (χ3n) is 3.05. The van der Waals surface area contributed by atoms with Crippen LogP contribution >= 0.6 is 0 Å². The maximum Gasteiger partial charge on any atom is 0.123 e. The molecule has 3 heteroatoms. The Labute approximate surface area is 109 Å². The first kappa shape index (κ1) is 15.1. The summed E-state index contributed by atoms with van der Waals surface area (Å²) >= 11 is 0. The lowest BCUT2D eigenvalue weighted by Gasteiger charge is -2.22. The van der Waals surface area contributed by atoms with Gasteiger partial charge in [-0.25, -0.2) is 4.39 Å². The summed E-state index contributed by atoms with van der Waals surface area (Å²) in [5, 5.41) is 10.0. The highest BCUT2D eigenvalue weighted by atomic mass is 19.1. The molecule has 0 bridgehead atoms. The molecule has 0 amide bonds. The molecule has 0 aliphatic rings. The van der Waals surface area contributed by atoms with Crippen LogP contribution in [0.1, 0.15) is 44.8 Å². The summed E-state index contributed by atoms with van der Waals surface area (Å²) in [6.07, 6.45) is 2.46. The van der Waals surface area contributed by atoms with Crippen molar-refractivity contribution in [3.63, 3.8) is 0 Å². The number of hydrogen-bond donors (Lipinski definition) is 1. The Morgan fingerprint density at radius 2 is 1.61 bits per heavy atom. The standard InChI is InChI=1S/C15H24FNO/c1-3-10-17(11-4-2)12-9-15(18)13-5-7-14(16)8-6-13/h5-8,15,18H,3-4,9-12H2,1-2H3. The minimum absolute atomic E-state index is 0.260. The number of benzene rings is 1. The molecule has 0 aromatic heterocycles. The Morgan fingerprint density at radius 3 is 2.11 bits per heavy atom. The van der Waals surface area contributed by atoms with Crippen molar-refractivity contribution in [1.82, 2.24) is 4.90 Å². The number of nitrogens with zero attached hydrogens (tertiary/aromatic N) is 1. The molecule has 0 aliphatic heterocycles. The predicted molar refractivity (Wildman–Crippen MR) is 73.0 cm³/mol. The number of hydrogen-bond acceptors (Lipinski definition) is 2. The number of aliphatic hydroxyl groups excluding tert-OH is 1. The molecule has 0 saturated carbocycles. The molecule has 2 nitrogen and oxygen atoms in total. The summed E-state index contributed by atoms with van der Waals surface area (Å²) in [4.78, 5) is 2.37. The van der Waals surface area contributed by atoms with E-state index < -0.39 is 6.10 Å². The van der Waals surface area contributed by atoms with Gasteiger partial charge in [0.15, 0.2) is 0 Å². The summed E-state index contributed by atoms with van der Waals surface area (Å²) in [6, 6.07) is 6.11. The van der Waals surface area contributed by atoms with E-state index in [2.05, 4.69) is 18.7 Å². The number of halogens is 1. The molecule has 102 valence electrons. The van der Waals surface area contributed by atoms with E-state index in [1.165, 1.54) is 12.1 Å². The fourth-order valence-corrected chi connectivity index (χ4v) is 2.12. The normalized spacial score (nSPS) is 12.9. The van der Waals surface area contributed by atoms with E-state index in [-0.39, 0.29) is 5.82 Å². The largest absolute Gasteiger partial charge is 0.388 e. The zero-order valence-corrected chi connectivity index (χ0v) is 11.4. The second-order valence-electron chi connectivity index (χ2n) is 4.70. The van der Waals surface area contributed by atoms with Crippen LogP contribution in [0.15, 0.2) is 24.3 Å². The van der Waals surface area contributed by atoms with Gasteiger partial charge in [-0.1, -0.05) is 26.0 Å². The Hall–Kier alpha value is -0.930. The van der Waals surface area contributed by atoms with Crippen LogP contribution < -0.4 is 0 Å². The second-order valence-corrected chi connectivity index (χ2v) is 4.70. The van der Waals surface area contributed by atoms with Crippen molar-refractivity contribution in [2.24, 2.45) is 0 Å². The van der Waals surface area contributed by atoms with Crippen LogP contribution in [0.25, 0.3) is 0 Å². The SMILES string of the molecule is CCCN(CCC)CCC(O)c1ccc(F)cc1. The minimum Gasteiger partial charge on any atom is -0.388 e. The fourth-order valence-electron chi connectivity index (χ4n) is 2.12. The van der Waals surface area contributed by atoms with E-state index in [0.717, 1.165) is 38.0 Å². The summed E-state index contributed by atoms with van der Waals surface area (Å²) in [7, 11) is 0. The van der Waals surface area contributed by atoms with Crippen molar-refractivity contribution < 1.29 is 9.50 Å². The van der Waals surface area contributed by atoms with Crippen LogP contribution in [0.4, 0.5) is 4.39 Å². The first-order valence-electron chi connectivity index (χ1n) is 6.83. The molecule has 0 saturated heterocycles. The highest BCUT2D eigenvalue weighted by molar-refractivity contribution is 5.18. The van der Waals surface area contributed by atoms with Crippen LogP contribution in [0.2, 0.25) is 0 Å². The van der Waals surface area contributed by atoms with E-state index in [1.54, 1.807) is 12.1 Å². The first-order chi connectivity index (χ1) is 8.67. The topological polar surface area (TPSA) is 23.5 Å². The monoisotopic (exact) mass is 253 g/mol. The van der Waals surface area contributed by atoms with E-state index in [4.69, 9.17) is 0 Å². The van der Waals surface area contributed by atoms with Gasteiger partial charge in [0.1, 0.15) is 5.82 Å². The highest BCUT2D eigenvalue weighted by Crippen LogP contribution is 2.17. The van der Waals surface area contributed by atoms with Crippen molar-refractivity contribution in [1.29, 1.82) is 0 Å². The van der Waals surface area contributed by atoms with E-state index in [9.17, 15) is 9.50 Å².